The normalized spacial score (nSPS) is 28.5. The number of nitrogens with two attached hydrogens (primary N) is 1. The first-order valence-electron chi connectivity index (χ1n) is 8.64. The summed E-state index contributed by atoms with van der Waals surface area (Å²) >= 11 is 0. The van der Waals surface area contributed by atoms with Crippen LogP contribution in [-0.2, 0) is 11.2 Å². The fraction of sp³-hybridized carbons (Fsp3) is 0.611. The molecule has 0 radical (unpaired) electrons. The molecule has 0 amide bonds. The molecule has 3 aliphatic rings. The Balaban J connectivity index is 1.39. The third-order valence-corrected chi connectivity index (χ3v) is 5.66. The van der Waals surface area contributed by atoms with Gasteiger partial charge in [-0.3, -0.25) is 4.90 Å². The number of hydrogen-bond acceptors (Lipinski definition) is 5. The molecule has 1 aromatic rings. The van der Waals surface area contributed by atoms with Gasteiger partial charge in [-0.1, -0.05) is 6.07 Å². The van der Waals surface area contributed by atoms with Crippen molar-refractivity contribution in [2.24, 2.45) is 17.6 Å². The molecular formula is C18H23FN4O. The Morgan fingerprint density at radius 1 is 1.25 bits per heavy atom. The van der Waals surface area contributed by atoms with Crippen LogP contribution in [0.15, 0.2) is 18.2 Å². The maximum atomic E-state index is 14.3. The lowest BCUT2D eigenvalue weighted by Crippen LogP contribution is -2.48. The van der Waals surface area contributed by atoms with Gasteiger partial charge in [-0.2, -0.15) is 5.26 Å². The molecule has 24 heavy (non-hydrogen) atoms. The van der Waals surface area contributed by atoms with Crippen LogP contribution in [0.5, 0.6) is 0 Å². The topological polar surface area (TPSA) is 65.5 Å². The van der Waals surface area contributed by atoms with Gasteiger partial charge in [0.15, 0.2) is 0 Å². The Labute approximate surface area is 141 Å². The molecule has 4 rings (SSSR count). The van der Waals surface area contributed by atoms with Gasteiger partial charge < -0.3 is 15.4 Å². The lowest BCUT2D eigenvalue weighted by atomic mass is 10.0. The predicted molar refractivity (Wildman–Crippen MR) is 89.1 cm³/mol. The second kappa shape index (κ2) is 6.32. The highest BCUT2D eigenvalue weighted by molar-refractivity contribution is 5.50. The van der Waals surface area contributed by atoms with E-state index in [0.29, 0.717) is 23.4 Å². The lowest BCUT2D eigenvalue weighted by molar-refractivity contribution is -0.0590. The van der Waals surface area contributed by atoms with Crippen LogP contribution in [0.25, 0.3) is 0 Å². The highest BCUT2D eigenvalue weighted by Crippen LogP contribution is 2.36. The minimum absolute atomic E-state index is 0.256. The van der Waals surface area contributed by atoms with Crippen LogP contribution in [0.3, 0.4) is 0 Å². The molecule has 1 aromatic carbocycles. The summed E-state index contributed by atoms with van der Waals surface area (Å²) in [4.78, 5) is 4.85. The Kier molecular flexibility index (Phi) is 4.17. The molecular weight excluding hydrogens is 307 g/mol. The van der Waals surface area contributed by atoms with Crippen molar-refractivity contribution >= 4 is 5.69 Å². The number of fused-ring (bicyclic) bond motifs is 1. The summed E-state index contributed by atoms with van der Waals surface area (Å²) in [5, 5.41) is 8.77. The molecule has 0 spiro atoms. The summed E-state index contributed by atoms with van der Waals surface area (Å²) in [6.07, 6.45) is 0.256. The molecule has 0 bridgehead atoms. The van der Waals surface area contributed by atoms with Gasteiger partial charge in [0.05, 0.1) is 31.4 Å². The minimum atomic E-state index is -0.655. The minimum Gasteiger partial charge on any atom is -0.378 e. The van der Waals surface area contributed by atoms with Crippen LogP contribution in [0.4, 0.5) is 10.1 Å². The Bertz CT molecular complexity index is 643. The van der Waals surface area contributed by atoms with Gasteiger partial charge in [0.1, 0.15) is 5.82 Å². The van der Waals surface area contributed by atoms with Crippen LogP contribution < -0.4 is 10.6 Å². The maximum Gasteiger partial charge on any atom is 0.128 e. The number of hydrogen-bond donors (Lipinski definition) is 1. The van der Waals surface area contributed by atoms with Gasteiger partial charge in [0, 0.05) is 38.3 Å². The number of nitriles is 1. The third-order valence-electron chi connectivity index (χ3n) is 5.66. The summed E-state index contributed by atoms with van der Waals surface area (Å²) < 4.78 is 19.6. The molecule has 0 aliphatic carbocycles. The highest BCUT2D eigenvalue weighted by atomic mass is 19.1. The smallest absolute Gasteiger partial charge is 0.128 e. The number of ether oxygens (including phenoxy) is 1. The van der Waals surface area contributed by atoms with E-state index in [4.69, 9.17) is 15.7 Å². The largest absolute Gasteiger partial charge is 0.378 e. The van der Waals surface area contributed by atoms with Gasteiger partial charge in [-0.25, -0.2) is 4.39 Å². The predicted octanol–water partition coefficient (Wildman–Crippen LogP) is 0.986. The fourth-order valence-corrected chi connectivity index (χ4v) is 4.15. The molecule has 5 nitrogen and oxygen atoms in total. The van der Waals surface area contributed by atoms with E-state index in [1.54, 1.807) is 12.1 Å². The average Bonchev–Trinajstić information content (AvgIpc) is 3.06. The number of nitrogens with zero attached hydrogens (tertiary/aromatic N) is 3. The number of anilines is 1. The van der Waals surface area contributed by atoms with Gasteiger partial charge in [-0.05, 0) is 29.5 Å². The van der Waals surface area contributed by atoms with E-state index < -0.39 is 6.04 Å². The van der Waals surface area contributed by atoms with E-state index in [1.807, 2.05) is 12.1 Å². The number of rotatable bonds is 4. The summed E-state index contributed by atoms with van der Waals surface area (Å²) in [6.45, 7) is 6.00. The first kappa shape index (κ1) is 15.8. The Morgan fingerprint density at radius 3 is 2.50 bits per heavy atom. The van der Waals surface area contributed by atoms with Gasteiger partial charge in [0.2, 0.25) is 0 Å². The van der Waals surface area contributed by atoms with Crippen molar-refractivity contribution in [2.45, 2.75) is 18.5 Å². The second-order valence-electron chi connectivity index (χ2n) is 7.29. The monoisotopic (exact) mass is 330 g/mol. The first-order chi connectivity index (χ1) is 11.6. The molecule has 3 aliphatic heterocycles. The van der Waals surface area contributed by atoms with Crippen LogP contribution >= 0.6 is 0 Å². The van der Waals surface area contributed by atoms with Gasteiger partial charge >= 0.3 is 0 Å². The van der Waals surface area contributed by atoms with Crippen molar-refractivity contribution < 1.29 is 9.13 Å². The first-order valence-corrected chi connectivity index (χ1v) is 8.64. The molecule has 3 fully saturated rings. The average molecular weight is 330 g/mol. The van der Waals surface area contributed by atoms with Gasteiger partial charge in [0.25, 0.3) is 0 Å². The molecule has 2 N–H and O–H groups in total. The molecule has 6 heteroatoms. The Hall–Kier alpha value is -1.68. The second-order valence-corrected chi connectivity index (χ2v) is 7.29. The van der Waals surface area contributed by atoms with E-state index in [-0.39, 0.29) is 12.2 Å². The summed E-state index contributed by atoms with van der Waals surface area (Å²) in [5.74, 6) is 1.07. The van der Waals surface area contributed by atoms with Crippen molar-refractivity contribution in [1.82, 2.24) is 4.90 Å². The third kappa shape index (κ3) is 2.88. The molecule has 0 saturated carbocycles. The highest BCUT2D eigenvalue weighted by Gasteiger charge is 2.43. The summed E-state index contributed by atoms with van der Waals surface area (Å²) in [5.41, 5.74) is 7.05. The molecule has 3 heterocycles. The molecule has 2 unspecified atom stereocenters. The zero-order valence-corrected chi connectivity index (χ0v) is 13.7. The number of benzene rings is 1. The van der Waals surface area contributed by atoms with Crippen LogP contribution in [0.2, 0.25) is 0 Å². The van der Waals surface area contributed by atoms with Crippen molar-refractivity contribution in [3.05, 3.63) is 29.6 Å². The maximum absolute atomic E-state index is 14.3. The van der Waals surface area contributed by atoms with Crippen LogP contribution in [0.1, 0.15) is 5.56 Å². The quantitative estimate of drug-likeness (QED) is 0.892. The van der Waals surface area contributed by atoms with E-state index in [1.165, 1.54) is 0 Å². The van der Waals surface area contributed by atoms with Gasteiger partial charge in [-0.15, -0.1) is 0 Å². The summed E-state index contributed by atoms with van der Waals surface area (Å²) in [6, 6.07) is 7.23. The zero-order chi connectivity index (χ0) is 16.7. The van der Waals surface area contributed by atoms with E-state index in [9.17, 15) is 4.39 Å². The lowest BCUT2D eigenvalue weighted by Gasteiger charge is -2.35. The molecule has 3 saturated heterocycles. The number of halogens is 1. The molecule has 0 aromatic heterocycles. The molecule has 128 valence electrons. The van der Waals surface area contributed by atoms with Crippen molar-refractivity contribution in [1.29, 1.82) is 5.26 Å². The zero-order valence-electron chi connectivity index (χ0n) is 13.7. The van der Waals surface area contributed by atoms with Crippen molar-refractivity contribution in [2.75, 3.05) is 44.3 Å². The van der Waals surface area contributed by atoms with Crippen molar-refractivity contribution in [3.63, 3.8) is 0 Å². The summed E-state index contributed by atoms with van der Waals surface area (Å²) in [7, 11) is 0. The van der Waals surface area contributed by atoms with Crippen LogP contribution in [0, 0.1) is 29.0 Å². The van der Waals surface area contributed by atoms with E-state index in [2.05, 4.69) is 9.80 Å². The van der Waals surface area contributed by atoms with E-state index >= 15 is 0 Å². The SMILES string of the molecule is N#C[C@@H](N)Cc1ccc(N2CC3CN(C4COC4)CC3C2)cc1F. The fourth-order valence-electron chi connectivity index (χ4n) is 4.15. The van der Waals surface area contributed by atoms with E-state index in [0.717, 1.165) is 45.1 Å². The molecule has 3 atom stereocenters. The standard InChI is InChI=1S/C18H23FN4O/c19-18-4-16(2-1-12(18)3-15(21)5-20)22-6-13-8-23(9-14(13)7-22)17-10-24-11-17/h1-2,4,13-15,17H,3,6-11,21H2/t13?,14?,15-/m0/s1. The van der Waals surface area contributed by atoms with Crippen molar-refractivity contribution in [3.8, 4) is 6.07 Å². The van der Waals surface area contributed by atoms with Crippen LogP contribution in [-0.4, -0.2) is 56.4 Å². The Morgan fingerprint density at radius 2 is 1.96 bits per heavy atom. The number of likely N-dealkylation sites (tertiary alicyclic amines) is 1.